The van der Waals surface area contributed by atoms with Crippen LogP contribution in [-0.4, -0.2) is 9.78 Å². The standard InChI is InChI=1S/C20H22N2/c1-15-6-4-5-7-18(15)11-8-17-9-12-19(13-10-17)20-14-16(2)21-22(20)3/h4-7,9-10,12-14H,8,11H2,1-3H3. The van der Waals surface area contributed by atoms with Crippen molar-refractivity contribution in [3.63, 3.8) is 0 Å². The van der Waals surface area contributed by atoms with E-state index < -0.39 is 0 Å². The number of aryl methyl sites for hydroxylation is 5. The second-order valence-corrected chi connectivity index (χ2v) is 5.92. The van der Waals surface area contributed by atoms with E-state index in [9.17, 15) is 0 Å². The minimum atomic E-state index is 1.06. The summed E-state index contributed by atoms with van der Waals surface area (Å²) in [7, 11) is 1.99. The second-order valence-electron chi connectivity index (χ2n) is 5.92. The summed E-state index contributed by atoms with van der Waals surface area (Å²) in [5, 5.41) is 4.41. The fourth-order valence-electron chi connectivity index (χ4n) is 2.89. The number of benzene rings is 2. The third-order valence-electron chi connectivity index (χ3n) is 4.20. The molecule has 0 aliphatic heterocycles. The van der Waals surface area contributed by atoms with Crippen LogP contribution in [0.15, 0.2) is 54.6 Å². The molecule has 0 saturated carbocycles. The second kappa shape index (κ2) is 6.18. The van der Waals surface area contributed by atoms with Crippen molar-refractivity contribution in [1.82, 2.24) is 9.78 Å². The van der Waals surface area contributed by atoms with Crippen LogP contribution in [-0.2, 0) is 19.9 Å². The first-order chi connectivity index (χ1) is 10.6. The Labute approximate surface area is 132 Å². The molecule has 0 unspecified atom stereocenters. The first-order valence-electron chi connectivity index (χ1n) is 7.78. The molecule has 0 saturated heterocycles. The number of nitrogens with zero attached hydrogens (tertiary/aromatic N) is 2. The van der Waals surface area contributed by atoms with E-state index in [4.69, 9.17) is 0 Å². The topological polar surface area (TPSA) is 17.8 Å². The molecule has 1 heterocycles. The summed E-state index contributed by atoms with van der Waals surface area (Å²) in [6, 6.07) is 19.6. The van der Waals surface area contributed by atoms with Gasteiger partial charge in [-0.05, 0) is 55.0 Å². The number of rotatable bonds is 4. The minimum Gasteiger partial charge on any atom is -0.268 e. The average Bonchev–Trinajstić information content (AvgIpc) is 2.86. The summed E-state index contributed by atoms with van der Waals surface area (Å²) < 4.78 is 1.94. The minimum absolute atomic E-state index is 1.06. The van der Waals surface area contributed by atoms with Gasteiger partial charge in [0, 0.05) is 7.05 Å². The Morgan fingerprint density at radius 1 is 0.909 bits per heavy atom. The summed E-state index contributed by atoms with van der Waals surface area (Å²) >= 11 is 0. The molecule has 2 nitrogen and oxygen atoms in total. The highest BCUT2D eigenvalue weighted by molar-refractivity contribution is 5.60. The largest absolute Gasteiger partial charge is 0.268 e. The zero-order valence-electron chi connectivity index (χ0n) is 13.5. The van der Waals surface area contributed by atoms with Gasteiger partial charge in [-0.15, -0.1) is 0 Å². The lowest BCUT2D eigenvalue weighted by molar-refractivity contribution is 0.764. The molecule has 0 aliphatic carbocycles. The van der Waals surface area contributed by atoms with Gasteiger partial charge in [0.05, 0.1) is 11.4 Å². The molecule has 2 aromatic carbocycles. The van der Waals surface area contributed by atoms with Crippen molar-refractivity contribution in [2.24, 2.45) is 7.05 Å². The van der Waals surface area contributed by atoms with Gasteiger partial charge in [-0.1, -0.05) is 48.5 Å². The van der Waals surface area contributed by atoms with Crippen LogP contribution < -0.4 is 0 Å². The van der Waals surface area contributed by atoms with E-state index in [1.165, 1.54) is 27.9 Å². The Morgan fingerprint density at radius 2 is 1.64 bits per heavy atom. The highest BCUT2D eigenvalue weighted by atomic mass is 15.3. The molecule has 0 atom stereocenters. The molecule has 0 N–H and O–H groups in total. The Kier molecular flexibility index (Phi) is 4.10. The van der Waals surface area contributed by atoms with Gasteiger partial charge in [-0.3, -0.25) is 4.68 Å². The van der Waals surface area contributed by atoms with Gasteiger partial charge in [-0.25, -0.2) is 0 Å². The van der Waals surface area contributed by atoms with Crippen molar-refractivity contribution in [2.75, 3.05) is 0 Å². The average molecular weight is 290 g/mol. The predicted octanol–water partition coefficient (Wildman–Crippen LogP) is 4.49. The molecular formula is C20H22N2. The van der Waals surface area contributed by atoms with Crippen molar-refractivity contribution >= 4 is 0 Å². The molecule has 3 rings (SSSR count). The maximum Gasteiger partial charge on any atom is 0.0681 e. The highest BCUT2D eigenvalue weighted by Gasteiger charge is 2.05. The van der Waals surface area contributed by atoms with Crippen molar-refractivity contribution in [2.45, 2.75) is 26.7 Å². The number of hydrogen-bond donors (Lipinski definition) is 0. The van der Waals surface area contributed by atoms with Crippen LogP contribution in [0.5, 0.6) is 0 Å². The number of aromatic nitrogens is 2. The maximum atomic E-state index is 4.41. The van der Waals surface area contributed by atoms with Crippen molar-refractivity contribution < 1.29 is 0 Å². The molecule has 22 heavy (non-hydrogen) atoms. The third kappa shape index (κ3) is 3.11. The molecule has 0 aliphatic rings. The Bertz CT molecular complexity index is 767. The molecule has 1 aromatic heterocycles. The summed E-state index contributed by atoms with van der Waals surface area (Å²) in [4.78, 5) is 0. The van der Waals surface area contributed by atoms with Crippen LogP contribution in [0.2, 0.25) is 0 Å². The summed E-state index contributed by atoms with van der Waals surface area (Å²) in [6.07, 6.45) is 2.17. The molecule has 2 heteroatoms. The van der Waals surface area contributed by atoms with Crippen LogP contribution in [0.1, 0.15) is 22.4 Å². The van der Waals surface area contributed by atoms with Gasteiger partial charge in [0.15, 0.2) is 0 Å². The molecule has 0 bridgehead atoms. The van der Waals surface area contributed by atoms with Gasteiger partial charge >= 0.3 is 0 Å². The van der Waals surface area contributed by atoms with Crippen molar-refractivity contribution in [3.8, 4) is 11.3 Å². The highest BCUT2D eigenvalue weighted by Crippen LogP contribution is 2.21. The Morgan fingerprint density at radius 3 is 2.27 bits per heavy atom. The normalized spacial score (nSPS) is 10.9. The molecule has 112 valence electrons. The number of hydrogen-bond acceptors (Lipinski definition) is 1. The summed E-state index contributed by atoms with van der Waals surface area (Å²) in [5.74, 6) is 0. The summed E-state index contributed by atoms with van der Waals surface area (Å²) in [6.45, 7) is 4.21. The van der Waals surface area contributed by atoms with Gasteiger partial charge in [0.1, 0.15) is 0 Å². The molecule has 0 amide bonds. The van der Waals surface area contributed by atoms with Crippen LogP contribution >= 0.6 is 0 Å². The Hall–Kier alpha value is -2.35. The van der Waals surface area contributed by atoms with E-state index in [1.807, 2.05) is 18.7 Å². The molecule has 0 fully saturated rings. The first-order valence-corrected chi connectivity index (χ1v) is 7.78. The van der Waals surface area contributed by atoms with E-state index in [-0.39, 0.29) is 0 Å². The van der Waals surface area contributed by atoms with Crippen molar-refractivity contribution in [1.29, 1.82) is 0 Å². The van der Waals surface area contributed by atoms with Gasteiger partial charge < -0.3 is 0 Å². The molecule has 0 radical (unpaired) electrons. The lowest BCUT2D eigenvalue weighted by Crippen LogP contribution is -1.95. The van der Waals surface area contributed by atoms with E-state index >= 15 is 0 Å². The Balaban J connectivity index is 1.72. The van der Waals surface area contributed by atoms with Crippen LogP contribution in [0, 0.1) is 13.8 Å². The third-order valence-corrected chi connectivity index (χ3v) is 4.20. The molecular weight excluding hydrogens is 268 g/mol. The fourth-order valence-corrected chi connectivity index (χ4v) is 2.89. The van der Waals surface area contributed by atoms with Gasteiger partial charge in [-0.2, -0.15) is 5.10 Å². The van der Waals surface area contributed by atoms with Crippen LogP contribution in [0.4, 0.5) is 0 Å². The van der Waals surface area contributed by atoms with Gasteiger partial charge in [0.2, 0.25) is 0 Å². The first kappa shape index (κ1) is 14.6. The molecule has 3 aromatic rings. The predicted molar refractivity (Wildman–Crippen MR) is 92.0 cm³/mol. The van der Waals surface area contributed by atoms with E-state index in [2.05, 4.69) is 66.6 Å². The monoisotopic (exact) mass is 290 g/mol. The van der Waals surface area contributed by atoms with E-state index in [0.29, 0.717) is 0 Å². The van der Waals surface area contributed by atoms with Crippen molar-refractivity contribution in [3.05, 3.63) is 77.0 Å². The SMILES string of the molecule is Cc1cc(-c2ccc(CCc3ccccc3C)cc2)n(C)n1. The quantitative estimate of drug-likeness (QED) is 0.692. The van der Waals surface area contributed by atoms with E-state index in [1.54, 1.807) is 0 Å². The zero-order chi connectivity index (χ0) is 15.5. The van der Waals surface area contributed by atoms with Crippen LogP contribution in [0.25, 0.3) is 11.3 Å². The van der Waals surface area contributed by atoms with E-state index in [0.717, 1.165) is 18.5 Å². The zero-order valence-corrected chi connectivity index (χ0v) is 13.5. The maximum absolute atomic E-state index is 4.41. The summed E-state index contributed by atoms with van der Waals surface area (Å²) in [5.41, 5.74) is 7.65. The van der Waals surface area contributed by atoms with Gasteiger partial charge in [0.25, 0.3) is 0 Å². The lowest BCUT2D eigenvalue weighted by atomic mass is 9.99. The fraction of sp³-hybridized carbons (Fsp3) is 0.250. The lowest BCUT2D eigenvalue weighted by Gasteiger charge is -2.07. The smallest absolute Gasteiger partial charge is 0.0681 e. The van der Waals surface area contributed by atoms with Crippen LogP contribution in [0.3, 0.4) is 0 Å². The molecule has 0 spiro atoms.